The maximum Gasteiger partial charge on any atom is 0.238 e. The van der Waals surface area contributed by atoms with Crippen molar-refractivity contribution in [1.82, 2.24) is 14.6 Å². The Kier molecular flexibility index (Phi) is 5.36. The van der Waals surface area contributed by atoms with Crippen molar-refractivity contribution >= 4 is 15.9 Å². The number of hydrogen-bond acceptors (Lipinski definition) is 5. The molecule has 0 spiro atoms. The van der Waals surface area contributed by atoms with Gasteiger partial charge in [-0.1, -0.05) is 6.07 Å². The van der Waals surface area contributed by atoms with Gasteiger partial charge in [-0.15, -0.1) is 0 Å². The van der Waals surface area contributed by atoms with Gasteiger partial charge in [-0.25, -0.2) is 13.4 Å². The number of carbonyl (C=O) groups is 1. The van der Waals surface area contributed by atoms with Crippen molar-refractivity contribution in [2.24, 2.45) is 0 Å². The lowest BCUT2D eigenvalue weighted by molar-refractivity contribution is -0.124. The summed E-state index contributed by atoms with van der Waals surface area (Å²) in [7, 11) is -3.36. The molecule has 2 rings (SSSR count). The van der Waals surface area contributed by atoms with Crippen LogP contribution in [-0.4, -0.2) is 49.1 Å². The molecule has 7 nitrogen and oxygen atoms in total. The summed E-state index contributed by atoms with van der Waals surface area (Å²) in [6.45, 7) is 3.01. The Bertz CT molecular complexity index is 633. The lowest BCUT2D eigenvalue weighted by atomic mass is 10.2. The second-order valence-electron chi connectivity index (χ2n) is 5.15. The van der Waals surface area contributed by atoms with Crippen LogP contribution in [0.2, 0.25) is 0 Å². The van der Waals surface area contributed by atoms with Gasteiger partial charge in [0, 0.05) is 24.8 Å². The van der Waals surface area contributed by atoms with E-state index in [1.165, 1.54) is 4.31 Å². The van der Waals surface area contributed by atoms with Gasteiger partial charge in [-0.3, -0.25) is 4.79 Å². The fourth-order valence-corrected chi connectivity index (χ4v) is 3.65. The Morgan fingerprint density at radius 3 is 3.00 bits per heavy atom. The van der Waals surface area contributed by atoms with Gasteiger partial charge < -0.3 is 10.1 Å². The Balaban J connectivity index is 2.01. The number of pyridine rings is 1. The standard InChI is InChI=1S/C14H21N3O4S/c1-3-21-14-11(6-4-8-15-14)10-16-13(18)12-7-5-9-17(12)22(2,19)20/h4,6,8,12H,3,5,7,9-10H2,1-2H3,(H,16,18). The molecule has 0 aromatic carbocycles. The third kappa shape index (κ3) is 3.95. The molecule has 0 bridgehead atoms. The van der Waals surface area contributed by atoms with Crippen molar-refractivity contribution in [1.29, 1.82) is 0 Å². The minimum absolute atomic E-state index is 0.260. The molecule has 1 N–H and O–H groups in total. The molecule has 122 valence electrons. The van der Waals surface area contributed by atoms with Crippen LogP contribution in [0.25, 0.3) is 0 Å². The van der Waals surface area contributed by atoms with E-state index >= 15 is 0 Å². The predicted octanol–water partition coefficient (Wildman–Crippen LogP) is 0.521. The van der Waals surface area contributed by atoms with Crippen molar-refractivity contribution in [3.8, 4) is 5.88 Å². The van der Waals surface area contributed by atoms with Crippen molar-refractivity contribution in [2.45, 2.75) is 32.4 Å². The zero-order valence-electron chi connectivity index (χ0n) is 12.8. The van der Waals surface area contributed by atoms with E-state index in [4.69, 9.17) is 4.74 Å². The molecule has 1 aromatic rings. The van der Waals surface area contributed by atoms with E-state index in [0.717, 1.165) is 11.8 Å². The lowest BCUT2D eigenvalue weighted by Gasteiger charge is -2.21. The molecule has 1 unspecified atom stereocenters. The molecule has 0 aliphatic carbocycles. The topological polar surface area (TPSA) is 88.6 Å². The molecule has 1 atom stereocenters. The molecule has 1 aliphatic rings. The number of hydrogen-bond donors (Lipinski definition) is 1. The van der Waals surface area contributed by atoms with Crippen LogP contribution in [0.3, 0.4) is 0 Å². The van der Waals surface area contributed by atoms with Crippen molar-refractivity contribution < 1.29 is 17.9 Å². The normalized spacial score (nSPS) is 19.1. The fraction of sp³-hybridized carbons (Fsp3) is 0.571. The molecule has 0 radical (unpaired) electrons. The van der Waals surface area contributed by atoms with Crippen LogP contribution in [0.5, 0.6) is 5.88 Å². The first-order valence-corrected chi connectivity index (χ1v) is 9.09. The van der Waals surface area contributed by atoms with E-state index in [0.29, 0.717) is 31.9 Å². The fourth-order valence-electron chi connectivity index (χ4n) is 2.52. The van der Waals surface area contributed by atoms with E-state index in [1.54, 1.807) is 12.3 Å². The molecule has 0 saturated carbocycles. The van der Waals surface area contributed by atoms with E-state index in [9.17, 15) is 13.2 Å². The quantitative estimate of drug-likeness (QED) is 0.823. The Labute approximate surface area is 130 Å². The molecule has 1 aliphatic heterocycles. The number of nitrogens with zero attached hydrogens (tertiary/aromatic N) is 2. The maximum absolute atomic E-state index is 12.3. The SMILES string of the molecule is CCOc1ncccc1CNC(=O)C1CCCN1S(C)(=O)=O. The number of amides is 1. The largest absolute Gasteiger partial charge is 0.478 e. The van der Waals surface area contributed by atoms with Crippen molar-refractivity contribution in [3.05, 3.63) is 23.9 Å². The second-order valence-corrected chi connectivity index (χ2v) is 7.09. The Morgan fingerprint density at radius 2 is 2.32 bits per heavy atom. The Hall–Kier alpha value is -1.67. The van der Waals surface area contributed by atoms with Crippen molar-refractivity contribution in [2.75, 3.05) is 19.4 Å². The molecular formula is C14H21N3O4S. The summed E-state index contributed by atoms with van der Waals surface area (Å²) < 4.78 is 30.0. The van der Waals surface area contributed by atoms with Crippen molar-refractivity contribution in [3.63, 3.8) is 0 Å². The zero-order chi connectivity index (χ0) is 16.2. The average Bonchev–Trinajstić information content (AvgIpc) is 2.96. The summed E-state index contributed by atoms with van der Waals surface area (Å²) in [4.78, 5) is 16.4. The molecule has 1 saturated heterocycles. The smallest absolute Gasteiger partial charge is 0.238 e. The molecule has 8 heteroatoms. The second kappa shape index (κ2) is 7.06. The number of ether oxygens (including phenoxy) is 1. The third-order valence-electron chi connectivity index (χ3n) is 3.52. The molecular weight excluding hydrogens is 306 g/mol. The summed E-state index contributed by atoms with van der Waals surface area (Å²) in [6.07, 6.45) is 4.00. The van der Waals surface area contributed by atoms with Gasteiger partial charge in [0.25, 0.3) is 0 Å². The minimum Gasteiger partial charge on any atom is -0.478 e. The van der Waals surface area contributed by atoms with Gasteiger partial charge in [0.05, 0.1) is 12.9 Å². The van der Waals surface area contributed by atoms with Crippen LogP contribution in [0.4, 0.5) is 0 Å². The maximum atomic E-state index is 12.3. The number of nitrogens with one attached hydrogen (secondary N) is 1. The van der Waals surface area contributed by atoms with Crippen LogP contribution >= 0.6 is 0 Å². The molecule has 1 aromatic heterocycles. The van der Waals surface area contributed by atoms with Crippen LogP contribution in [0, 0.1) is 0 Å². The first kappa shape index (κ1) is 16.7. The highest BCUT2D eigenvalue weighted by Gasteiger charge is 2.36. The van der Waals surface area contributed by atoms with E-state index in [1.807, 2.05) is 13.0 Å². The highest BCUT2D eigenvalue weighted by molar-refractivity contribution is 7.88. The van der Waals surface area contributed by atoms with Gasteiger partial charge in [0.1, 0.15) is 6.04 Å². The summed E-state index contributed by atoms with van der Waals surface area (Å²) in [5, 5.41) is 2.78. The number of rotatable bonds is 6. The lowest BCUT2D eigenvalue weighted by Crippen LogP contribution is -2.45. The highest BCUT2D eigenvalue weighted by Crippen LogP contribution is 2.21. The third-order valence-corrected chi connectivity index (χ3v) is 4.81. The van der Waals surface area contributed by atoms with Crippen LogP contribution in [0.15, 0.2) is 18.3 Å². The zero-order valence-corrected chi connectivity index (χ0v) is 13.6. The predicted molar refractivity (Wildman–Crippen MR) is 81.8 cm³/mol. The van der Waals surface area contributed by atoms with Crippen LogP contribution in [-0.2, 0) is 21.4 Å². The summed E-state index contributed by atoms with van der Waals surface area (Å²) in [6, 6.07) is 2.96. The van der Waals surface area contributed by atoms with E-state index in [2.05, 4.69) is 10.3 Å². The highest BCUT2D eigenvalue weighted by atomic mass is 32.2. The number of sulfonamides is 1. The number of carbonyl (C=O) groups excluding carboxylic acids is 1. The van der Waals surface area contributed by atoms with Gasteiger partial charge >= 0.3 is 0 Å². The molecule has 22 heavy (non-hydrogen) atoms. The summed E-state index contributed by atoms with van der Waals surface area (Å²) in [5.74, 6) is 0.200. The summed E-state index contributed by atoms with van der Waals surface area (Å²) >= 11 is 0. The Morgan fingerprint density at radius 1 is 1.55 bits per heavy atom. The molecule has 1 fully saturated rings. The van der Waals surface area contributed by atoms with Gasteiger partial charge in [-0.2, -0.15) is 4.31 Å². The monoisotopic (exact) mass is 327 g/mol. The van der Waals surface area contributed by atoms with Gasteiger partial charge in [0.2, 0.25) is 21.8 Å². The molecule has 2 heterocycles. The first-order valence-electron chi connectivity index (χ1n) is 7.24. The van der Waals surface area contributed by atoms with Crippen LogP contribution in [0.1, 0.15) is 25.3 Å². The molecule has 1 amide bonds. The van der Waals surface area contributed by atoms with Gasteiger partial charge in [0.15, 0.2) is 0 Å². The average molecular weight is 327 g/mol. The van der Waals surface area contributed by atoms with E-state index in [-0.39, 0.29) is 12.5 Å². The van der Waals surface area contributed by atoms with Crippen LogP contribution < -0.4 is 10.1 Å². The van der Waals surface area contributed by atoms with E-state index < -0.39 is 16.1 Å². The van der Waals surface area contributed by atoms with Gasteiger partial charge in [-0.05, 0) is 25.8 Å². The first-order chi connectivity index (χ1) is 10.4. The minimum atomic E-state index is -3.36. The summed E-state index contributed by atoms with van der Waals surface area (Å²) in [5.41, 5.74) is 0.765. The number of aromatic nitrogens is 1.